The number of fused-ring (bicyclic) bond motifs is 3. The number of amides is 1. The lowest BCUT2D eigenvalue weighted by Gasteiger charge is -2.50. The summed E-state index contributed by atoms with van der Waals surface area (Å²) in [6.07, 6.45) is 1.88. The van der Waals surface area contributed by atoms with Crippen LogP contribution in [0, 0.1) is 5.92 Å². The molecule has 3 heterocycles. The largest absolute Gasteiger partial charge is 0.368 e. The molecular weight excluding hydrogens is 480 g/mol. The van der Waals surface area contributed by atoms with Crippen LogP contribution in [0.1, 0.15) is 11.1 Å². The highest BCUT2D eigenvalue weighted by Crippen LogP contribution is 2.37. The summed E-state index contributed by atoms with van der Waals surface area (Å²) in [5, 5.41) is 0.756. The molecule has 6 heteroatoms. The zero-order chi connectivity index (χ0) is 25.2. The molecule has 0 bridgehead atoms. The van der Waals surface area contributed by atoms with E-state index in [2.05, 4.69) is 80.3 Å². The number of piperazine rings is 2. The van der Waals surface area contributed by atoms with Crippen molar-refractivity contribution in [2.45, 2.75) is 18.9 Å². The maximum atomic E-state index is 14.0. The molecule has 5 nitrogen and oxygen atoms in total. The molecule has 192 valence electrons. The van der Waals surface area contributed by atoms with E-state index < -0.39 is 0 Å². The van der Waals surface area contributed by atoms with Crippen molar-refractivity contribution in [3.8, 4) is 0 Å². The van der Waals surface area contributed by atoms with Gasteiger partial charge in [-0.15, -0.1) is 0 Å². The third kappa shape index (κ3) is 5.21. The molecule has 37 heavy (non-hydrogen) atoms. The quantitative estimate of drug-likeness (QED) is 0.498. The molecule has 2 fully saturated rings. The van der Waals surface area contributed by atoms with Crippen LogP contribution in [0.15, 0.2) is 78.9 Å². The summed E-state index contributed by atoms with van der Waals surface area (Å²) < 4.78 is 0. The van der Waals surface area contributed by atoms with E-state index in [-0.39, 0.29) is 12.0 Å². The van der Waals surface area contributed by atoms with Crippen LogP contribution in [0.5, 0.6) is 0 Å². The van der Waals surface area contributed by atoms with Crippen LogP contribution < -0.4 is 9.80 Å². The van der Waals surface area contributed by atoms with Crippen LogP contribution in [-0.4, -0.2) is 74.1 Å². The van der Waals surface area contributed by atoms with Crippen LogP contribution in [-0.2, 0) is 17.6 Å². The Kier molecular flexibility index (Phi) is 7.08. The van der Waals surface area contributed by atoms with Gasteiger partial charge in [-0.1, -0.05) is 66.2 Å². The Hall–Kier alpha value is -3.02. The lowest BCUT2D eigenvalue weighted by Crippen LogP contribution is -2.62. The van der Waals surface area contributed by atoms with Crippen molar-refractivity contribution < 1.29 is 4.79 Å². The molecule has 1 amide bonds. The molecule has 0 radical (unpaired) electrons. The van der Waals surface area contributed by atoms with Gasteiger partial charge in [0.05, 0.1) is 12.0 Å². The summed E-state index contributed by atoms with van der Waals surface area (Å²) in [7, 11) is 0. The molecule has 3 aromatic rings. The van der Waals surface area contributed by atoms with Gasteiger partial charge in [-0.3, -0.25) is 9.69 Å². The summed E-state index contributed by atoms with van der Waals surface area (Å²) in [5.74, 6) is 0.312. The molecule has 0 N–H and O–H groups in total. The van der Waals surface area contributed by atoms with Crippen molar-refractivity contribution in [3.63, 3.8) is 0 Å². The van der Waals surface area contributed by atoms with E-state index >= 15 is 0 Å². The lowest BCUT2D eigenvalue weighted by atomic mass is 9.83. The third-order valence-corrected chi connectivity index (χ3v) is 8.58. The van der Waals surface area contributed by atoms with Crippen molar-refractivity contribution in [3.05, 3.63) is 95.0 Å². The molecule has 6 rings (SSSR count). The third-order valence-electron chi connectivity index (χ3n) is 8.35. The second-order valence-electron chi connectivity index (χ2n) is 10.5. The number of hydrogen-bond donors (Lipinski definition) is 0. The average molecular weight is 515 g/mol. The van der Waals surface area contributed by atoms with E-state index in [4.69, 9.17) is 11.6 Å². The highest BCUT2D eigenvalue weighted by atomic mass is 35.5. The fourth-order valence-electron chi connectivity index (χ4n) is 6.33. The number of halogens is 1. The minimum Gasteiger partial charge on any atom is -0.368 e. The Morgan fingerprint density at radius 2 is 1.62 bits per heavy atom. The average Bonchev–Trinajstić information content (AvgIpc) is 2.96. The number of carbonyl (C=O) groups excluding carboxylic acids is 1. The SMILES string of the molecule is O=C(C1Cc2ccccc2N2CCN(CCc3ccccc3)CC12)N1CCN(c2cccc(Cl)c2)CC1. The van der Waals surface area contributed by atoms with Gasteiger partial charge in [-0.25, -0.2) is 0 Å². The molecule has 2 atom stereocenters. The Balaban J connectivity index is 1.16. The van der Waals surface area contributed by atoms with Crippen LogP contribution in [0.2, 0.25) is 5.02 Å². The first kappa shape index (κ1) is 24.3. The molecule has 3 aliphatic heterocycles. The van der Waals surface area contributed by atoms with Gasteiger partial charge in [0.2, 0.25) is 5.91 Å². The molecule has 3 aromatic carbocycles. The molecule has 0 spiro atoms. The van der Waals surface area contributed by atoms with Gasteiger partial charge in [-0.2, -0.15) is 0 Å². The number of para-hydroxylation sites is 1. The first-order valence-electron chi connectivity index (χ1n) is 13.6. The predicted octanol–water partition coefficient (Wildman–Crippen LogP) is 4.59. The van der Waals surface area contributed by atoms with E-state index in [0.717, 1.165) is 75.9 Å². The minimum absolute atomic E-state index is 0.00727. The molecule has 2 unspecified atom stereocenters. The highest BCUT2D eigenvalue weighted by Gasteiger charge is 2.43. The first-order chi connectivity index (χ1) is 18.2. The van der Waals surface area contributed by atoms with Gasteiger partial charge in [-0.05, 0) is 48.2 Å². The van der Waals surface area contributed by atoms with Crippen molar-refractivity contribution in [2.75, 3.05) is 62.2 Å². The van der Waals surface area contributed by atoms with Gasteiger partial charge >= 0.3 is 0 Å². The summed E-state index contributed by atoms with van der Waals surface area (Å²) in [4.78, 5) is 23.6. The Morgan fingerprint density at radius 1 is 0.838 bits per heavy atom. The van der Waals surface area contributed by atoms with E-state index in [1.54, 1.807) is 0 Å². The van der Waals surface area contributed by atoms with Crippen molar-refractivity contribution in [1.82, 2.24) is 9.80 Å². The predicted molar refractivity (Wildman–Crippen MR) is 152 cm³/mol. The fourth-order valence-corrected chi connectivity index (χ4v) is 6.51. The van der Waals surface area contributed by atoms with Gasteiger partial charge in [0.1, 0.15) is 0 Å². The number of benzene rings is 3. The summed E-state index contributed by atoms with van der Waals surface area (Å²) in [5.41, 5.74) is 5.15. The number of nitrogens with zero attached hydrogens (tertiary/aromatic N) is 4. The van der Waals surface area contributed by atoms with Crippen LogP contribution >= 0.6 is 11.6 Å². The van der Waals surface area contributed by atoms with Gasteiger partial charge < -0.3 is 14.7 Å². The molecule has 0 saturated carbocycles. The van der Waals surface area contributed by atoms with E-state index in [1.807, 2.05) is 18.2 Å². The molecular formula is C31H35ClN4O. The molecule has 3 aliphatic rings. The minimum atomic E-state index is -0.00727. The first-order valence-corrected chi connectivity index (χ1v) is 13.9. The smallest absolute Gasteiger partial charge is 0.228 e. The molecule has 2 saturated heterocycles. The summed E-state index contributed by atoms with van der Waals surface area (Å²) in [6.45, 7) is 7.19. The number of carbonyl (C=O) groups is 1. The molecule has 0 aromatic heterocycles. The zero-order valence-electron chi connectivity index (χ0n) is 21.3. The number of rotatable bonds is 5. The van der Waals surface area contributed by atoms with Crippen LogP contribution in [0.25, 0.3) is 0 Å². The Labute approximate surface area is 225 Å². The zero-order valence-corrected chi connectivity index (χ0v) is 22.1. The Morgan fingerprint density at radius 3 is 2.43 bits per heavy atom. The monoisotopic (exact) mass is 514 g/mol. The van der Waals surface area contributed by atoms with E-state index in [9.17, 15) is 4.79 Å². The van der Waals surface area contributed by atoms with Crippen LogP contribution in [0.3, 0.4) is 0 Å². The topological polar surface area (TPSA) is 30.0 Å². The maximum Gasteiger partial charge on any atom is 0.228 e. The standard InChI is InChI=1S/C31H35ClN4O/c32-26-10-6-11-27(22-26)34-16-18-35(19-17-34)31(37)28-21-25-9-4-5-12-29(25)36-20-15-33(23-30(28)36)14-13-24-7-2-1-3-8-24/h1-12,22,28,30H,13-21,23H2. The van der Waals surface area contributed by atoms with Gasteiger partial charge in [0.25, 0.3) is 0 Å². The second kappa shape index (κ2) is 10.8. The van der Waals surface area contributed by atoms with Gasteiger partial charge in [0.15, 0.2) is 0 Å². The lowest BCUT2D eigenvalue weighted by molar-refractivity contribution is -0.137. The number of hydrogen-bond acceptors (Lipinski definition) is 4. The summed E-state index contributed by atoms with van der Waals surface area (Å²) >= 11 is 6.22. The number of anilines is 2. The highest BCUT2D eigenvalue weighted by molar-refractivity contribution is 6.30. The Bertz CT molecular complexity index is 1230. The normalized spacial score (nSPS) is 21.9. The maximum absolute atomic E-state index is 14.0. The van der Waals surface area contributed by atoms with Crippen molar-refractivity contribution >= 4 is 28.9 Å². The second-order valence-corrected chi connectivity index (χ2v) is 11.0. The van der Waals surface area contributed by atoms with Crippen molar-refractivity contribution in [1.29, 1.82) is 0 Å². The van der Waals surface area contributed by atoms with Gasteiger partial charge in [0, 0.05) is 68.8 Å². The fraction of sp³-hybridized carbons (Fsp3) is 0.387. The summed E-state index contributed by atoms with van der Waals surface area (Å²) in [6, 6.07) is 27.7. The van der Waals surface area contributed by atoms with Crippen LogP contribution in [0.4, 0.5) is 11.4 Å². The van der Waals surface area contributed by atoms with Crippen molar-refractivity contribution in [2.24, 2.45) is 5.92 Å². The van der Waals surface area contributed by atoms with E-state index in [1.165, 1.54) is 16.8 Å². The molecule has 0 aliphatic carbocycles. The van der Waals surface area contributed by atoms with E-state index in [0.29, 0.717) is 5.91 Å².